The highest BCUT2D eigenvalue weighted by molar-refractivity contribution is 7.85. The van der Waals surface area contributed by atoms with E-state index in [1.807, 2.05) is 61.5 Å². The number of benzene rings is 2. The van der Waals surface area contributed by atoms with Crippen molar-refractivity contribution in [2.45, 2.75) is 59.3 Å². The van der Waals surface area contributed by atoms with Gasteiger partial charge in [0.2, 0.25) is 11.8 Å². The summed E-state index contributed by atoms with van der Waals surface area (Å²) >= 11 is 6.15. The summed E-state index contributed by atoms with van der Waals surface area (Å²) in [5, 5.41) is 6.41. The number of anilines is 1. The van der Waals surface area contributed by atoms with Gasteiger partial charge in [0, 0.05) is 23.2 Å². The lowest BCUT2D eigenvalue weighted by atomic mass is 9.74. The van der Waals surface area contributed by atoms with E-state index in [1.54, 1.807) is 6.08 Å². The van der Waals surface area contributed by atoms with E-state index < -0.39 is 27.7 Å². The van der Waals surface area contributed by atoms with E-state index in [0.717, 1.165) is 47.1 Å². The molecule has 0 saturated carbocycles. The Hall–Kier alpha value is -3.72. The summed E-state index contributed by atoms with van der Waals surface area (Å²) in [5.41, 5.74) is 7.68. The lowest BCUT2D eigenvalue weighted by Crippen LogP contribution is -2.33. The van der Waals surface area contributed by atoms with E-state index in [4.69, 9.17) is 16.2 Å². The van der Waals surface area contributed by atoms with Crippen molar-refractivity contribution in [3.05, 3.63) is 112 Å². The minimum Gasteiger partial charge on any atom is -0.354 e. The van der Waals surface area contributed by atoms with Crippen LogP contribution in [-0.2, 0) is 19.7 Å². The fraction of sp³-hybridized carbons (Fsp3) is 0.385. The van der Waals surface area contributed by atoms with Gasteiger partial charge in [0.1, 0.15) is 0 Å². The Morgan fingerprint density at radius 3 is 2.40 bits per heavy atom. The maximum Gasteiger partial charge on any atom is 0.266 e. The number of carbonyl (C=O) groups is 2. The first kappa shape index (κ1) is 35.6. The van der Waals surface area contributed by atoms with Crippen LogP contribution in [0.2, 0.25) is 5.02 Å². The Bertz CT molecular complexity index is 1800. The summed E-state index contributed by atoms with van der Waals surface area (Å²) in [4.78, 5) is 26.5. The number of hydrogen-bond donors (Lipinski definition) is 3. The van der Waals surface area contributed by atoms with Gasteiger partial charge in [0.05, 0.1) is 17.6 Å². The van der Waals surface area contributed by atoms with Crippen LogP contribution in [0.25, 0.3) is 11.1 Å². The Balaban J connectivity index is 1.29. The minimum absolute atomic E-state index is 0.0993. The van der Waals surface area contributed by atoms with Crippen LogP contribution in [-0.4, -0.2) is 37.1 Å². The lowest BCUT2D eigenvalue weighted by Gasteiger charge is -2.32. The molecule has 0 aliphatic heterocycles. The van der Waals surface area contributed by atoms with Gasteiger partial charge >= 0.3 is 0 Å². The predicted molar refractivity (Wildman–Crippen MR) is 194 cm³/mol. The van der Waals surface area contributed by atoms with Gasteiger partial charge in [-0.3, -0.25) is 14.1 Å². The smallest absolute Gasteiger partial charge is 0.266 e. The van der Waals surface area contributed by atoms with Gasteiger partial charge in [-0.15, -0.1) is 0 Å². The zero-order chi connectivity index (χ0) is 34.5. The monoisotopic (exact) mass is 688 g/mol. The molecule has 2 aromatic rings. The largest absolute Gasteiger partial charge is 0.354 e. The lowest BCUT2D eigenvalue weighted by molar-refractivity contribution is -0.123. The van der Waals surface area contributed by atoms with E-state index in [-0.39, 0.29) is 18.4 Å². The molecule has 0 bridgehead atoms. The van der Waals surface area contributed by atoms with Gasteiger partial charge in [0.25, 0.3) is 10.1 Å². The quantitative estimate of drug-likeness (QED) is 0.162. The molecule has 0 heterocycles. The standard InChI is InChI=1S/C39H45ClN2O5S/c1-26-24-33(40)14-17-35(26)30-12-15-34(16-13-30)42-38(44)36(31-10-8-28(9-11-31)29-18-20-39(2,3)21-19-29)25-27-4-6-32(7-5-27)37(43)41-22-23-48(45,46)47/h4-6,8,10-18,24,28,32,36H,7,9,19-23,25H2,1-3H3,(H,41,43)(H,42,44)(H,45,46,47)/t28-,32+,36+/m1/s1. The highest BCUT2D eigenvalue weighted by Gasteiger charge is 2.29. The van der Waals surface area contributed by atoms with Crippen molar-refractivity contribution in [1.29, 1.82) is 0 Å². The summed E-state index contributed by atoms with van der Waals surface area (Å²) in [6.07, 6.45) is 19.8. The third-order valence-electron chi connectivity index (χ3n) is 9.60. The van der Waals surface area contributed by atoms with Crippen molar-refractivity contribution in [2.24, 2.45) is 23.2 Å². The molecule has 2 amide bonds. The molecule has 3 aliphatic carbocycles. The molecule has 0 aromatic heterocycles. The summed E-state index contributed by atoms with van der Waals surface area (Å²) in [5.74, 6) is -1.47. The molecule has 0 radical (unpaired) electrons. The fourth-order valence-electron chi connectivity index (χ4n) is 6.56. The second kappa shape index (κ2) is 15.2. The zero-order valence-corrected chi connectivity index (χ0v) is 29.4. The molecule has 9 heteroatoms. The van der Waals surface area contributed by atoms with Gasteiger partial charge in [-0.05, 0) is 97.4 Å². The van der Waals surface area contributed by atoms with Crippen LogP contribution in [0.1, 0.15) is 57.9 Å². The number of nitrogens with one attached hydrogen (secondary N) is 2. The predicted octanol–water partition coefficient (Wildman–Crippen LogP) is 8.41. The fourth-order valence-corrected chi connectivity index (χ4v) is 7.14. The third-order valence-corrected chi connectivity index (χ3v) is 10.6. The van der Waals surface area contributed by atoms with E-state index >= 15 is 0 Å². The van der Waals surface area contributed by atoms with Gasteiger partial charge in [-0.2, -0.15) is 8.42 Å². The second-order valence-corrected chi connectivity index (χ2v) is 15.9. The third kappa shape index (κ3) is 9.68. The molecule has 3 atom stereocenters. The summed E-state index contributed by atoms with van der Waals surface area (Å²) in [6.45, 7) is 6.50. The molecule has 0 spiro atoms. The molecule has 0 fully saturated rings. The Morgan fingerprint density at radius 1 is 1.02 bits per heavy atom. The van der Waals surface area contributed by atoms with E-state index in [9.17, 15) is 18.0 Å². The van der Waals surface area contributed by atoms with Gasteiger partial charge in [-0.1, -0.05) is 97.3 Å². The highest BCUT2D eigenvalue weighted by Crippen LogP contribution is 2.40. The number of carbonyl (C=O) groups excluding carboxylic acids is 2. The van der Waals surface area contributed by atoms with E-state index in [0.29, 0.717) is 34.9 Å². The molecule has 3 N–H and O–H groups in total. The van der Waals surface area contributed by atoms with Crippen LogP contribution < -0.4 is 10.6 Å². The van der Waals surface area contributed by atoms with E-state index in [2.05, 4.69) is 48.8 Å². The van der Waals surface area contributed by atoms with Crippen molar-refractivity contribution in [1.82, 2.24) is 5.32 Å². The molecule has 5 rings (SSSR count). The molecule has 254 valence electrons. The zero-order valence-electron chi connectivity index (χ0n) is 27.8. The molecule has 7 nitrogen and oxygen atoms in total. The summed E-state index contributed by atoms with van der Waals surface area (Å²) in [7, 11) is -4.15. The van der Waals surface area contributed by atoms with Gasteiger partial charge < -0.3 is 10.6 Å². The van der Waals surface area contributed by atoms with Gasteiger partial charge in [-0.25, -0.2) is 0 Å². The molecular weight excluding hydrogens is 644 g/mol. The second-order valence-electron chi connectivity index (χ2n) is 13.9. The topological polar surface area (TPSA) is 113 Å². The van der Waals surface area contributed by atoms with Crippen LogP contribution in [0.4, 0.5) is 5.69 Å². The number of aryl methyl sites for hydroxylation is 1. The highest BCUT2D eigenvalue weighted by atomic mass is 35.5. The number of rotatable bonds is 11. The average molecular weight is 689 g/mol. The average Bonchev–Trinajstić information content (AvgIpc) is 3.04. The van der Waals surface area contributed by atoms with Crippen LogP contribution >= 0.6 is 11.6 Å². The number of halogens is 1. The maximum absolute atomic E-state index is 14.0. The molecule has 48 heavy (non-hydrogen) atoms. The SMILES string of the molecule is Cc1cc(Cl)ccc1-c1ccc(NC(=O)[C@@H](CC2=CC[C@@H](C(=O)NCCS(=O)(=O)O)C=C2)C2=CC[C@H](C3=CCC(C)(C)CC3)C=C2)cc1. The first-order chi connectivity index (χ1) is 22.8. The van der Waals surface area contributed by atoms with Crippen molar-refractivity contribution >= 4 is 39.2 Å². The number of amides is 2. The Labute approximate surface area is 289 Å². The number of allylic oxidation sites excluding steroid dienone is 8. The van der Waals surface area contributed by atoms with Crippen molar-refractivity contribution in [2.75, 3.05) is 17.6 Å². The van der Waals surface area contributed by atoms with Crippen LogP contribution in [0.5, 0.6) is 0 Å². The molecular formula is C39H45ClN2O5S. The summed E-state index contributed by atoms with van der Waals surface area (Å²) in [6, 6.07) is 13.6. The van der Waals surface area contributed by atoms with Crippen LogP contribution in [0.3, 0.4) is 0 Å². The Morgan fingerprint density at radius 2 is 1.79 bits per heavy atom. The summed E-state index contributed by atoms with van der Waals surface area (Å²) < 4.78 is 30.9. The number of hydrogen-bond acceptors (Lipinski definition) is 4. The molecule has 3 aliphatic rings. The maximum atomic E-state index is 14.0. The Kier molecular flexibility index (Phi) is 11.3. The normalized spacial score (nSPS) is 21.1. The first-order valence-electron chi connectivity index (χ1n) is 16.6. The van der Waals surface area contributed by atoms with E-state index in [1.165, 1.54) is 12.0 Å². The van der Waals surface area contributed by atoms with Crippen LogP contribution in [0.15, 0.2) is 102 Å². The molecule has 0 unspecified atom stereocenters. The first-order valence-corrected chi connectivity index (χ1v) is 18.6. The molecule has 0 saturated heterocycles. The van der Waals surface area contributed by atoms with Crippen molar-refractivity contribution in [3.8, 4) is 11.1 Å². The molecule has 2 aromatic carbocycles. The minimum atomic E-state index is -4.15. The van der Waals surface area contributed by atoms with Gasteiger partial charge in [0.15, 0.2) is 0 Å². The van der Waals surface area contributed by atoms with Crippen LogP contribution in [0, 0.1) is 30.1 Å². The van der Waals surface area contributed by atoms with Crippen molar-refractivity contribution in [3.63, 3.8) is 0 Å². The van der Waals surface area contributed by atoms with Crippen molar-refractivity contribution < 1.29 is 22.6 Å².